The molecule has 0 radical (unpaired) electrons. The van der Waals surface area contributed by atoms with Gasteiger partial charge in [-0.1, -0.05) is 0 Å². The summed E-state index contributed by atoms with van der Waals surface area (Å²) in [5, 5.41) is 14.8. The second-order valence-electron chi connectivity index (χ2n) is 6.14. The summed E-state index contributed by atoms with van der Waals surface area (Å²) in [6.45, 7) is 2.06. The Balaban J connectivity index is 1.65. The van der Waals surface area contributed by atoms with Crippen LogP contribution in [0, 0.1) is 10.1 Å². The fraction of sp³-hybridized carbons (Fsp3) is 0.333. The number of furan rings is 1. The number of ether oxygens (including phenoxy) is 1. The van der Waals surface area contributed by atoms with Crippen molar-refractivity contribution < 1.29 is 18.9 Å². The van der Waals surface area contributed by atoms with E-state index in [2.05, 4.69) is 17.5 Å². The predicted octanol–water partition coefficient (Wildman–Crippen LogP) is 3.90. The number of hydrogen-bond donors (Lipinski definition) is 1. The zero-order valence-electron chi connectivity index (χ0n) is 15.3. The minimum atomic E-state index is -0.488. The van der Waals surface area contributed by atoms with Crippen molar-refractivity contribution in [2.24, 2.45) is 5.10 Å². The maximum Gasteiger partial charge on any atom is 0.273 e. The van der Waals surface area contributed by atoms with Crippen molar-refractivity contribution in [1.82, 2.24) is 5.43 Å². The molecular weight excluding hydrogens is 402 g/mol. The Bertz CT molecular complexity index is 906. The lowest BCUT2D eigenvalue weighted by Gasteiger charge is -2.19. The summed E-state index contributed by atoms with van der Waals surface area (Å²) in [5.41, 5.74) is 3.04. The lowest BCUT2D eigenvalue weighted by molar-refractivity contribution is -0.384. The third kappa shape index (κ3) is 4.87. The number of nitro groups is 1. The Morgan fingerprint density at radius 3 is 2.82 bits per heavy atom. The fourth-order valence-electron chi connectivity index (χ4n) is 2.72. The van der Waals surface area contributed by atoms with E-state index in [4.69, 9.17) is 9.15 Å². The largest absolute Gasteiger partial charge is 0.496 e. The molecule has 28 heavy (non-hydrogen) atoms. The van der Waals surface area contributed by atoms with Gasteiger partial charge in [-0.15, -0.1) is 23.5 Å². The molecule has 1 N–H and O–H groups in total. The van der Waals surface area contributed by atoms with Crippen LogP contribution < -0.4 is 10.2 Å². The highest BCUT2D eigenvalue weighted by atomic mass is 32.2. The van der Waals surface area contributed by atoms with E-state index in [1.807, 2.05) is 0 Å². The lowest BCUT2D eigenvalue weighted by Crippen LogP contribution is -2.26. The Labute approximate surface area is 170 Å². The predicted molar refractivity (Wildman–Crippen MR) is 111 cm³/mol. The van der Waals surface area contributed by atoms with Gasteiger partial charge in [-0.25, -0.2) is 5.43 Å². The summed E-state index contributed by atoms with van der Waals surface area (Å²) < 4.78 is 10.8. The van der Waals surface area contributed by atoms with Gasteiger partial charge in [-0.3, -0.25) is 14.9 Å². The summed E-state index contributed by atoms with van der Waals surface area (Å²) in [4.78, 5) is 22.4. The topological polar surface area (TPSA) is 107 Å². The van der Waals surface area contributed by atoms with Crippen molar-refractivity contribution in [1.29, 1.82) is 0 Å². The third-order valence-corrected chi connectivity index (χ3v) is 7.34. The third-order valence-electron chi connectivity index (χ3n) is 4.05. The van der Waals surface area contributed by atoms with Gasteiger partial charge in [0.05, 0.1) is 40.4 Å². The first-order chi connectivity index (χ1) is 13.4. The Kier molecular flexibility index (Phi) is 6.30. The van der Waals surface area contributed by atoms with Crippen molar-refractivity contribution in [3.63, 3.8) is 0 Å². The number of amides is 1. The molecule has 0 spiro atoms. The highest BCUT2D eigenvalue weighted by molar-refractivity contribution is 8.21. The van der Waals surface area contributed by atoms with E-state index < -0.39 is 4.92 Å². The second kappa shape index (κ2) is 8.70. The first-order valence-electron chi connectivity index (χ1n) is 8.43. The van der Waals surface area contributed by atoms with Crippen LogP contribution in [0.5, 0.6) is 5.75 Å². The number of methoxy groups -OCH3 is 1. The number of nitrogens with one attached hydrogen (secondary N) is 1. The number of non-ortho nitro benzene ring substituents is 1. The molecule has 2 heterocycles. The molecule has 0 unspecified atom stereocenters. The molecule has 1 aliphatic rings. The number of carbonyl (C=O) groups excluding carboxylic acids is 1. The highest BCUT2D eigenvalue weighted by Gasteiger charge is 2.32. The lowest BCUT2D eigenvalue weighted by atomic mass is 10.1. The van der Waals surface area contributed by atoms with Crippen LogP contribution in [0.25, 0.3) is 11.3 Å². The quantitative estimate of drug-likeness (QED) is 0.410. The van der Waals surface area contributed by atoms with Gasteiger partial charge in [0, 0.05) is 17.6 Å². The van der Waals surface area contributed by atoms with E-state index in [0.717, 1.165) is 11.5 Å². The zero-order chi connectivity index (χ0) is 20.1. The molecule has 1 aromatic heterocycles. The molecule has 1 saturated heterocycles. The van der Waals surface area contributed by atoms with Crippen LogP contribution in [0.3, 0.4) is 0 Å². The van der Waals surface area contributed by atoms with Crippen molar-refractivity contribution in [2.45, 2.75) is 17.4 Å². The van der Waals surface area contributed by atoms with Crippen LogP contribution >= 0.6 is 23.5 Å². The number of hydrazone groups is 1. The molecule has 1 fully saturated rings. The summed E-state index contributed by atoms with van der Waals surface area (Å²) in [6, 6.07) is 7.69. The van der Waals surface area contributed by atoms with Crippen molar-refractivity contribution in [3.05, 3.63) is 46.2 Å². The van der Waals surface area contributed by atoms with Gasteiger partial charge in [-0.05, 0) is 25.1 Å². The van der Waals surface area contributed by atoms with Crippen LogP contribution in [0.15, 0.2) is 39.9 Å². The summed E-state index contributed by atoms with van der Waals surface area (Å²) in [6.07, 6.45) is 1.81. The minimum Gasteiger partial charge on any atom is -0.496 e. The van der Waals surface area contributed by atoms with E-state index in [1.54, 1.807) is 41.7 Å². The fourth-order valence-corrected chi connectivity index (χ4v) is 5.55. The molecule has 8 nitrogen and oxygen atoms in total. The average molecular weight is 422 g/mol. The maximum atomic E-state index is 12.0. The Morgan fingerprint density at radius 2 is 2.14 bits per heavy atom. The second-order valence-corrected chi connectivity index (χ2v) is 9.60. The standard InChI is InChI=1S/C18H19N3O5S2/c1-18(27-7-8-28-18)10-17(22)20-19-11-13-4-6-15(26-13)14-5-3-12(21(23)24)9-16(14)25-2/h3-6,9,11H,7-8,10H2,1-2H3,(H,20,22)/b19-11-. The van der Waals surface area contributed by atoms with Gasteiger partial charge in [0.25, 0.3) is 5.69 Å². The van der Waals surface area contributed by atoms with Gasteiger partial charge < -0.3 is 9.15 Å². The van der Waals surface area contributed by atoms with E-state index in [0.29, 0.717) is 29.3 Å². The molecule has 1 amide bonds. The van der Waals surface area contributed by atoms with E-state index in [-0.39, 0.29) is 15.7 Å². The van der Waals surface area contributed by atoms with E-state index >= 15 is 0 Å². The molecule has 0 bridgehead atoms. The molecule has 2 aromatic rings. The molecular formula is C18H19N3O5S2. The van der Waals surface area contributed by atoms with Gasteiger partial charge in [0.15, 0.2) is 0 Å². The summed E-state index contributed by atoms with van der Waals surface area (Å²) in [5.74, 6) is 3.21. The average Bonchev–Trinajstić information content (AvgIpc) is 3.30. The molecule has 1 aliphatic heterocycles. The first-order valence-corrected chi connectivity index (χ1v) is 10.4. The minimum absolute atomic E-state index is 0.0658. The smallest absolute Gasteiger partial charge is 0.273 e. The molecule has 10 heteroatoms. The van der Waals surface area contributed by atoms with Gasteiger partial charge in [0.2, 0.25) is 5.91 Å². The molecule has 3 rings (SSSR count). The molecule has 148 valence electrons. The molecule has 0 atom stereocenters. The Hall–Kier alpha value is -2.46. The first kappa shape index (κ1) is 20.3. The van der Waals surface area contributed by atoms with Gasteiger partial charge in [-0.2, -0.15) is 5.10 Å². The molecule has 1 aromatic carbocycles. The maximum absolute atomic E-state index is 12.0. The summed E-state index contributed by atoms with van der Waals surface area (Å²) >= 11 is 3.58. The van der Waals surface area contributed by atoms with Crippen molar-refractivity contribution in [3.8, 4) is 17.1 Å². The zero-order valence-corrected chi connectivity index (χ0v) is 17.0. The van der Waals surface area contributed by atoms with Crippen molar-refractivity contribution in [2.75, 3.05) is 18.6 Å². The van der Waals surface area contributed by atoms with E-state index in [9.17, 15) is 14.9 Å². The number of hydrogen-bond acceptors (Lipinski definition) is 8. The number of nitrogens with zero attached hydrogens (tertiary/aromatic N) is 2. The number of carbonyl (C=O) groups is 1. The number of nitro benzene ring substituents is 1. The van der Waals surface area contributed by atoms with Gasteiger partial charge in [0.1, 0.15) is 17.3 Å². The van der Waals surface area contributed by atoms with Crippen LogP contribution in [0.2, 0.25) is 0 Å². The van der Waals surface area contributed by atoms with Crippen LogP contribution in [-0.2, 0) is 4.79 Å². The number of thioether (sulfide) groups is 2. The van der Waals surface area contributed by atoms with Crippen LogP contribution in [-0.4, -0.2) is 39.7 Å². The summed E-state index contributed by atoms with van der Waals surface area (Å²) in [7, 11) is 1.44. The van der Waals surface area contributed by atoms with E-state index in [1.165, 1.54) is 25.5 Å². The van der Waals surface area contributed by atoms with Crippen molar-refractivity contribution >= 4 is 41.3 Å². The van der Waals surface area contributed by atoms with Crippen LogP contribution in [0.1, 0.15) is 19.1 Å². The molecule has 0 aliphatic carbocycles. The Morgan fingerprint density at radius 1 is 1.39 bits per heavy atom. The van der Waals surface area contributed by atoms with Crippen LogP contribution in [0.4, 0.5) is 5.69 Å². The number of benzene rings is 1. The highest BCUT2D eigenvalue weighted by Crippen LogP contribution is 2.45. The van der Waals surface area contributed by atoms with Gasteiger partial charge >= 0.3 is 0 Å². The normalized spacial score (nSPS) is 15.6. The number of rotatable bonds is 7. The monoisotopic (exact) mass is 421 g/mol. The SMILES string of the molecule is COc1cc([N+](=O)[O-])ccc1-c1ccc(/C=N\NC(=O)CC2(C)SCCS2)o1. The molecule has 0 saturated carbocycles.